The lowest BCUT2D eigenvalue weighted by Crippen LogP contribution is -2.44. The first kappa shape index (κ1) is 10.4. The summed E-state index contributed by atoms with van der Waals surface area (Å²) in [4.78, 5) is 10.8. The van der Waals surface area contributed by atoms with Gasteiger partial charge in [-0.1, -0.05) is 0 Å². The molecule has 1 atom stereocenters. The second kappa shape index (κ2) is 3.67. The van der Waals surface area contributed by atoms with Gasteiger partial charge in [-0.05, 0) is 20.8 Å². The van der Waals surface area contributed by atoms with Gasteiger partial charge < -0.3 is 10.4 Å². The van der Waals surface area contributed by atoms with Crippen LogP contribution in [-0.4, -0.2) is 29.3 Å². The predicted molar refractivity (Wildman–Crippen MR) is 39.9 cm³/mol. The van der Waals surface area contributed by atoms with Crippen molar-refractivity contribution in [1.29, 1.82) is 0 Å². The van der Waals surface area contributed by atoms with E-state index in [0.717, 1.165) is 0 Å². The minimum atomic E-state index is -1.87. The fraction of sp³-hybridized carbons (Fsp3) is 0.857. The molecule has 0 aliphatic rings. The summed E-state index contributed by atoms with van der Waals surface area (Å²) in [6, 6.07) is -0.391. The molecular formula is C7H14FNO2. The molecule has 1 unspecified atom stereocenters. The van der Waals surface area contributed by atoms with Gasteiger partial charge in [-0.25, -0.2) is 4.39 Å². The van der Waals surface area contributed by atoms with Gasteiger partial charge >= 0.3 is 0 Å². The van der Waals surface area contributed by atoms with Gasteiger partial charge in [0, 0.05) is 6.04 Å². The molecule has 0 aromatic rings. The fourth-order valence-electron chi connectivity index (χ4n) is 0.441. The molecule has 0 radical (unpaired) electrons. The Morgan fingerprint density at radius 1 is 1.73 bits per heavy atom. The number of aliphatic hydroxyl groups is 1. The Hall–Kier alpha value is -0.640. The lowest BCUT2D eigenvalue weighted by atomic mass is 10.1. The number of halogens is 1. The molecular weight excluding hydrogens is 149 g/mol. The molecule has 0 aromatic carbocycles. The monoisotopic (exact) mass is 163 g/mol. The van der Waals surface area contributed by atoms with Crippen LogP contribution >= 0.6 is 0 Å². The largest absolute Gasteiger partial charge is 0.394 e. The van der Waals surface area contributed by atoms with Crippen LogP contribution in [0.1, 0.15) is 20.8 Å². The maximum atomic E-state index is 12.8. The van der Waals surface area contributed by atoms with Gasteiger partial charge in [0.05, 0.1) is 6.61 Å². The third kappa shape index (κ3) is 3.93. The molecule has 0 fully saturated rings. The van der Waals surface area contributed by atoms with E-state index < -0.39 is 17.6 Å². The van der Waals surface area contributed by atoms with Crippen LogP contribution in [0.3, 0.4) is 0 Å². The average molecular weight is 163 g/mol. The number of amides is 1. The van der Waals surface area contributed by atoms with E-state index in [-0.39, 0.29) is 6.61 Å². The Balaban J connectivity index is 3.88. The van der Waals surface area contributed by atoms with Crippen LogP contribution < -0.4 is 5.32 Å². The van der Waals surface area contributed by atoms with E-state index in [1.54, 1.807) is 6.92 Å². The number of alkyl halides is 1. The molecule has 0 saturated heterocycles. The molecule has 3 nitrogen and oxygen atoms in total. The number of rotatable bonds is 3. The maximum Gasteiger partial charge on any atom is 0.257 e. The van der Waals surface area contributed by atoms with Crippen LogP contribution in [0.5, 0.6) is 0 Å². The van der Waals surface area contributed by atoms with Crippen molar-refractivity contribution in [2.24, 2.45) is 0 Å². The third-order valence-corrected chi connectivity index (χ3v) is 1.19. The van der Waals surface area contributed by atoms with Crippen molar-refractivity contribution < 1.29 is 14.3 Å². The SMILES string of the molecule is CC(CO)NC(=O)C(C)(C)F. The molecule has 66 valence electrons. The number of carbonyl (C=O) groups excluding carboxylic acids is 1. The Morgan fingerprint density at radius 2 is 2.18 bits per heavy atom. The molecule has 1 amide bonds. The summed E-state index contributed by atoms with van der Waals surface area (Å²) in [5.74, 6) is -0.695. The molecule has 0 heterocycles. The minimum Gasteiger partial charge on any atom is -0.394 e. The highest BCUT2D eigenvalue weighted by Crippen LogP contribution is 2.07. The van der Waals surface area contributed by atoms with Gasteiger partial charge in [-0.2, -0.15) is 0 Å². The Labute approximate surface area is 65.6 Å². The molecule has 2 N–H and O–H groups in total. The second-order valence-corrected chi connectivity index (χ2v) is 3.03. The molecule has 4 heteroatoms. The number of carbonyl (C=O) groups is 1. The number of hydrogen-bond donors (Lipinski definition) is 2. The summed E-state index contributed by atoms with van der Waals surface area (Å²) in [6.07, 6.45) is 0. The molecule has 0 aliphatic heterocycles. The Morgan fingerprint density at radius 3 is 2.45 bits per heavy atom. The standard InChI is InChI=1S/C7H14FNO2/c1-5(4-10)9-6(11)7(2,3)8/h5,10H,4H2,1-3H3,(H,9,11). The summed E-state index contributed by atoms with van der Waals surface area (Å²) in [7, 11) is 0. The van der Waals surface area contributed by atoms with Gasteiger partial charge in [-0.3, -0.25) is 4.79 Å². The number of aliphatic hydroxyl groups excluding tert-OH is 1. The first-order valence-corrected chi connectivity index (χ1v) is 3.48. The van der Waals surface area contributed by atoms with Crippen molar-refractivity contribution in [2.45, 2.75) is 32.5 Å². The van der Waals surface area contributed by atoms with Crippen molar-refractivity contribution in [3.8, 4) is 0 Å². The third-order valence-electron chi connectivity index (χ3n) is 1.19. The van der Waals surface area contributed by atoms with Crippen LogP contribution in [0.25, 0.3) is 0 Å². The highest BCUT2D eigenvalue weighted by Gasteiger charge is 2.27. The van der Waals surface area contributed by atoms with Crippen LogP contribution in [0.2, 0.25) is 0 Å². The Bertz CT molecular complexity index is 142. The molecule has 0 saturated carbocycles. The topological polar surface area (TPSA) is 49.3 Å². The van der Waals surface area contributed by atoms with Crippen molar-refractivity contribution in [2.75, 3.05) is 6.61 Å². The van der Waals surface area contributed by atoms with Crippen LogP contribution in [0.4, 0.5) is 4.39 Å². The molecule has 0 aliphatic carbocycles. The summed E-state index contributed by atoms with van der Waals surface area (Å²) in [5.41, 5.74) is -1.87. The minimum absolute atomic E-state index is 0.179. The first-order chi connectivity index (χ1) is 4.88. The van der Waals surface area contributed by atoms with Crippen molar-refractivity contribution >= 4 is 5.91 Å². The molecule has 0 rings (SSSR count). The predicted octanol–water partition coefficient (Wildman–Crippen LogP) is 0.231. The number of nitrogens with one attached hydrogen (secondary N) is 1. The molecule has 11 heavy (non-hydrogen) atoms. The van der Waals surface area contributed by atoms with Gasteiger partial charge in [0.15, 0.2) is 5.67 Å². The van der Waals surface area contributed by atoms with Crippen molar-refractivity contribution in [1.82, 2.24) is 5.32 Å². The van der Waals surface area contributed by atoms with Gasteiger partial charge in [-0.15, -0.1) is 0 Å². The van der Waals surface area contributed by atoms with Gasteiger partial charge in [0.2, 0.25) is 0 Å². The van der Waals surface area contributed by atoms with Crippen molar-refractivity contribution in [3.63, 3.8) is 0 Å². The molecule has 0 aromatic heterocycles. The van der Waals surface area contributed by atoms with E-state index in [1.807, 2.05) is 0 Å². The zero-order chi connectivity index (χ0) is 9.07. The van der Waals surface area contributed by atoms with E-state index in [0.29, 0.717) is 0 Å². The maximum absolute atomic E-state index is 12.8. The summed E-state index contributed by atoms with van der Waals surface area (Å²) < 4.78 is 12.8. The normalized spacial score (nSPS) is 14.3. The smallest absolute Gasteiger partial charge is 0.257 e. The fourth-order valence-corrected chi connectivity index (χ4v) is 0.441. The van der Waals surface area contributed by atoms with E-state index in [9.17, 15) is 9.18 Å². The van der Waals surface area contributed by atoms with E-state index in [4.69, 9.17) is 5.11 Å². The number of hydrogen-bond acceptors (Lipinski definition) is 2. The zero-order valence-corrected chi connectivity index (χ0v) is 7.02. The van der Waals surface area contributed by atoms with Crippen LogP contribution in [0, 0.1) is 0 Å². The molecule has 0 spiro atoms. The van der Waals surface area contributed by atoms with Gasteiger partial charge in [0.1, 0.15) is 0 Å². The summed E-state index contributed by atoms with van der Waals surface area (Å²) in [5, 5.41) is 10.8. The van der Waals surface area contributed by atoms with Crippen LogP contribution in [0.15, 0.2) is 0 Å². The Kier molecular flexibility index (Phi) is 3.45. The zero-order valence-electron chi connectivity index (χ0n) is 7.02. The van der Waals surface area contributed by atoms with E-state index in [1.165, 1.54) is 13.8 Å². The highest BCUT2D eigenvalue weighted by molar-refractivity contribution is 5.84. The van der Waals surface area contributed by atoms with E-state index >= 15 is 0 Å². The first-order valence-electron chi connectivity index (χ1n) is 3.48. The highest BCUT2D eigenvalue weighted by atomic mass is 19.1. The van der Waals surface area contributed by atoms with Crippen molar-refractivity contribution in [3.05, 3.63) is 0 Å². The summed E-state index contributed by atoms with van der Waals surface area (Å²) in [6.45, 7) is 3.77. The molecule has 0 bridgehead atoms. The lowest BCUT2D eigenvalue weighted by Gasteiger charge is -2.17. The van der Waals surface area contributed by atoms with Crippen LogP contribution in [-0.2, 0) is 4.79 Å². The lowest BCUT2D eigenvalue weighted by molar-refractivity contribution is -0.131. The quantitative estimate of drug-likeness (QED) is 0.625. The average Bonchev–Trinajstić information content (AvgIpc) is 1.85. The van der Waals surface area contributed by atoms with Gasteiger partial charge in [0.25, 0.3) is 5.91 Å². The second-order valence-electron chi connectivity index (χ2n) is 3.03. The van der Waals surface area contributed by atoms with E-state index in [2.05, 4.69) is 5.32 Å². The summed E-state index contributed by atoms with van der Waals surface area (Å²) >= 11 is 0.